The maximum Gasteiger partial charge on any atom is 0.258 e. The lowest BCUT2D eigenvalue weighted by molar-refractivity contribution is 0.0968. The number of carbonyl (C=O) groups is 1. The van der Waals surface area contributed by atoms with Crippen molar-refractivity contribution in [2.45, 2.75) is 25.3 Å². The number of rotatable bonds is 2. The molecule has 1 atom stereocenters. The predicted octanol–water partition coefficient (Wildman–Crippen LogP) is 3.93. The number of piperidine rings is 1. The van der Waals surface area contributed by atoms with Crippen LogP contribution in [0.15, 0.2) is 48.8 Å². The van der Waals surface area contributed by atoms with Gasteiger partial charge in [0.05, 0.1) is 11.6 Å². The summed E-state index contributed by atoms with van der Waals surface area (Å²) < 4.78 is 0.915. The molecule has 1 aromatic carbocycles. The third-order valence-corrected chi connectivity index (χ3v) is 5.45. The third kappa shape index (κ3) is 3.92. The van der Waals surface area contributed by atoms with Crippen LogP contribution in [-0.4, -0.2) is 27.4 Å². The highest BCUT2D eigenvalue weighted by Gasteiger charge is 2.27. The summed E-state index contributed by atoms with van der Waals surface area (Å²) >= 11 is 7.71. The Balaban J connectivity index is 1.75. The van der Waals surface area contributed by atoms with Gasteiger partial charge < -0.3 is 4.90 Å². The molecule has 1 aromatic heterocycles. The van der Waals surface area contributed by atoms with Crippen LogP contribution in [-0.2, 0) is 0 Å². The van der Waals surface area contributed by atoms with Crippen molar-refractivity contribution in [2.75, 3.05) is 6.54 Å². The summed E-state index contributed by atoms with van der Waals surface area (Å²) in [6, 6.07) is 11.7. The van der Waals surface area contributed by atoms with E-state index in [1.807, 2.05) is 36.5 Å². The van der Waals surface area contributed by atoms with Gasteiger partial charge in [-0.1, -0.05) is 18.2 Å². The van der Waals surface area contributed by atoms with Gasteiger partial charge in [0.15, 0.2) is 5.11 Å². The van der Waals surface area contributed by atoms with Gasteiger partial charge in [-0.3, -0.25) is 15.1 Å². The topological polar surface area (TPSA) is 45.2 Å². The molecular formula is C18H18IN3OS. The highest BCUT2D eigenvalue weighted by molar-refractivity contribution is 14.1. The van der Waals surface area contributed by atoms with Gasteiger partial charge in [-0.05, 0) is 77.8 Å². The number of benzene rings is 1. The van der Waals surface area contributed by atoms with Crippen LogP contribution in [0.3, 0.4) is 0 Å². The number of halogens is 1. The maximum atomic E-state index is 12.5. The molecule has 1 N–H and O–H groups in total. The van der Waals surface area contributed by atoms with Crippen LogP contribution in [0, 0.1) is 3.57 Å². The van der Waals surface area contributed by atoms with Crippen molar-refractivity contribution in [2.24, 2.45) is 0 Å². The van der Waals surface area contributed by atoms with Gasteiger partial charge in [-0.2, -0.15) is 0 Å². The summed E-state index contributed by atoms with van der Waals surface area (Å²) in [7, 11) is 0. The van der Waals surface area contributed by atoms with E-state index in [4.69, 9.17) is 12.2 Å². The summed E-state index contributed by atoms with van der Waals surface area (Å²) in [6.45, 7) is 0.852. The highest BCUT2D eigenvalue weighted by atomic mass is 127. The number of aromatic nitrogens is 1. The van der Waals surface area contributed by atoms with Gasteiger partial charge in [-0.25, -0.2) is 0 Å². The number of nitrogens with one attached hydrogen (secondary N) is 1. The van der Waals surface area contributed by atoms with Gasteiger partial charge in [0, 0.05) is 22.5 Å². The van der Waals surface area contributed by atoms with E-state index in [0.29, 0.717) is 10.7 Å². The second-order valence-electron chi connectivity index (χ2n) is 5.73. The molecule has 1 aliphatic heterocycles. The first kappa shape index (κ1) is 17.3. The second-order valence-corrected chi connectivity index (χ2v) is 7.28. The molecule has 1 aliphatic rings. The Hall–Kier alpha value is -1.54. The smallest absolute Gasteiger partial charge is 0.258 e. The van der Waals surface area contributed by atoms with Gasteiger partial charge in [0.1, 0.15) is 0 Å². The zero-order chi connectivity index (χ0) is 16.9. The first-order valence-electron chi connectivity index (χ1n) is 7.93. The van der Waals surface area contributed by atoms with Crippen molar-refractivity contribution in [1.29, 1.82) is 0 Å². The van der Waals surface area contributed by atoms with E-state index in [0.717, 1.165) is 34.9 Å². The van der Waals surface area contributed by atoms with Crippen LogP contribution in [0.2, 0.25) is 0 Å². The van der Waals surface area contributed by atoms with E-state index >= 15 is 0 Å². The zero-order valence-corrected chi connectivity index (χ0v) is 16.1. The Morgan fingerprint density at radius 1 is 1.25 bits per heavy atom. The molecule has 0 radical (unpaired) electrons. The standard InChI is InChI=1S/C18H18IN3OS/c19-15-8-2-1-7-14(15)17(23)21-18(24)22-11-4-3-9-16(22)13-6-5-10-20-12-13/h1-2,5-8,10,12,16H,3-4,9,11H2,(H,21,23,24)/t16-/m1/s1. The van der Waals surface area contributed by atoms with Gasteiger partial charge >= 0.3 is 0 Å². The first-order valence-corrected chi connectivity index (χ1v) is 9.42. The molecule has 2 aromatic rings. The summed E-state index contributed by atoms with van der Waals surface area (Å²) in [5.74, 6) is -0.152. The van der Waals surface area contributed by atoms with Crippen LogP contribution in [0.25, 0.3) is 0 Å². The van der Waals surface area contributed by atoms with Crippen LogP contribution in [0.5, 0.6) is 0 Å². The Bertz CT molecular complexity index is 738. The van der Waals surface area contributed by atoms with Crippen LogP contribution >= 0.6 is 34.8 Å². The van der Waals surface area contributed by atoms with E-state index < -0.39 is 0 Å². The fourth-order valence-corrected chi connectivity index (χ4v) is 3.92. The third-order valence-electron chi connectivity index (χ3n) is 4.17. The monoisotopic (exact) mass is 451 g/mol. The van der Waals surface area contributed by atoms with E-state index in [1.165, 1.54) is 0 Å². The molecule has 1 amide bonds. The highest BCUT2D eigenvalue weighted by Crippen LogP contribution is 2.30. The summed E-state index contributed by atoms with van der Waals surface area (Å²) in [6.07, 6.45) is 6.91. The minimum atomic E-state index is -0.152. The fourth-order valence-electron chi connectivity index (χ4n) is 2.98. The van der Waals surface area contributed by atoms with Crippen LogP contribution in [0.4, 0.5) is 0 Å². The normalized spacial score (nSPS) is 17.4. The summed E-state index contributed by atoms with van der Waals surface area (Å²) in [5, 5.41) is 3.39. The minimum absolute atomic E-state index is 0.152. The van der Waals surface area contributed by atoms with E-state index in [2.05, 4.69) is 43.9 Å². The number of thiocarbonyl (C=S) groups is 1. The van der Waals surface area contributed by atoms with Gasteiger partial charge in [0.25, 0.3) is 5.91 Å². The molecular weight excluding hydrogens is 433 g/mol. The lowest BCUT2D eigenvalue weighted by Gasteiger charge is -2.37. The molecule has 124 valence electrons. The van der Waals surface area contributed by atoms with Crippen molar-refractivity contribution in [3.05, 3.63) is 63.5 Å². The first-order chi connectivity index (χ1) is 11.7. The Labute approximate surface area is 160 Å². The molecule has 24 heavy (non-hydrogen) atoms. The molecule has 3 rings (SSSR count). The quantitative estimate of drug-likeness (QED) is 0.556. The Morgan fingerprint density at radius 2 is 2.08 bits per heavy atom. The zero-order valence-electron chi connectivity index (χ0n) is 13.1. The second kappa shape index (κ2) is 8.02. The molecule has 1 fully saturated rings. The van der Waals surface area contributed by atoms with Crippen LogP contribution in [0.1, 0.15) is 41.2 Å². The number of hydrogen-bond donors (Lipinski definition) is 1. The average molecular weight is 451 g/mol. The Morgan fingerprint density at radius 3 is 2.83 bits per heavy atom. The van der Waals surface area contributed by atoms with E-state index in [9.17, 15) is 4.79 Å². The maximum absolute atomic E-state index is 12.5. The summed E-state index contributed by atoms with van der Waals surface area (Å²) in [4.78, 5) is 18.8. The number of nitrogens with zero attached hydrogens (tertiary/aromatic N) is 2. The molecule has 0 aliphatic carbocycles. The number of carbonyl (C=O) groups excluding carboxylic acids is 1. The van der Waals surface area contributed by atoms with Crippen molar-refractivity contribution in [3.63, 3.8) is 0 Å². The van der Waals surface area contributed by atoms with Gasteiger partial charge in [-0.15, -0.1) is 0 Å². The lowest BCUT2D eigenvalue weighted by atomic mass is 9.97. The molecule has 1 saturated heterocycles. The minimum Gasteiger partial charge on any atom is -0.342 e. The molecule has 0 bridgehead atoms. The van der Waals surface area contributed by atoms with Gasteiger partial charge in [0.2, 0.25) is 0 Å². The molecule has 0 spiro atoms. The van der Waals surface area contributed by atoms with Crippen molar-refractivity contribution in [1.82, 2.24) is 15.2 Å². The predicted molar refractivity (Wildman–Crippen MR) is 107 cm³/mol. The number of pyridine rings is 1. The largest absolute Gasteiger partial charge is 0.342 e. The van der Waals surface area contributed by atoms with Crippen molar-refractivity contribution >= 4 is 45.8 Å². The fraction of sp³-hybridized carbons (Fsp3) is 0.278. The number of likely N-dealkylation sites (tertiary alicyclic amines) is 1. The lowest BCUT2D eigenvalue weighted by Crippen LogP contribution is -2.46. The molecule has 2 heterocycles. The average Bonchev–Trinajstić information content (AvgIpc) is 2.62. The summed E-state index contributed by atoms with van der Waals surface area (Å²) in [5.41, 5.74) is 1.79. The van der Waals surface area contributed by atoms with E-state index in [1.54, 1.807) is 6.20 Å². The number of amides is 1. The number of hydrogen-bond acceptors (Lipinski definition) is 3. The van der Waals surface area contributed by atoms with Crippen molar-refractivity contribution in [3.8, 4) is 0 Å². The van der Waals surface area contributed by atoms with E-state index in [-0.39, 0.29) is 11.9 Å². The molecule has 4 nitrogen and oxygen atoms in total. The molecule has 0 saturated carbocycles. The molecule has 6 heteroatoms. The van der Waals surface area contributed by atoms with Crippen molar-refractivity contribution < 1.29 is 4.79 Å². The Kier molecular flexibility index (Phi) is 5.78. The van der Waals surface area contributed by atoms with Crippen LogP contribution < -0.4 is 5.32 Å². The molecule has 0 unspecified atom stereocenters. The SMILES string of the molecule is O=C(NC(=S)N1CCCC[C@@H]1c1cccnc1)c1ccccc1I.